The second-order valence-electron chi connectivity index (χ2n) is 6.44. The standard InChI is InChI=1S/C22H23NO6/c1-28-17-10-6-5-9-16(17)19-18(20(25)15-7-3-2-4-8-15)21(26)22(27)23(19)11-13-29-14-12-24/h2-10,19,24-25H,11-14H2,1H3/b20-18+. The molecule has 1 aliphatic rings. The summed E-state index contributed by atoms with van der Waals surface area (Å²) in [6.07, 6.45) is 0. The lowest BCUT2D eigenvalue weighted by atomic mass is 9.94. The molecule has 0 aliphatic carbocycles. The molecule has 7 nitrogen and oxygen atoms in total. The molecule has 1 unspecified atom stereocenters. The van der Waals surface area contributed by atoms with Crippen molar-refractivity contribution in [3.05, 3.63) is 71.3 Å². The van der Waals surface area contributed by atoms with Gasteiger partial charge in [-0.15, -0.1) is 0 Å². The number of hydrogen-bond acceptors (Lipinski definition) is 6. The number of carbonyl (C=O) groups excluding carboxylic acids is 2. The van der Waals surface area contributed by atoms with Gasteiger partial charge in [-0.1, -0.05) is 48.5 Å². The highest BCUT2D eigenvalue weighted by molar-refractivity contribution is 6.46. The number of aliphatic hydroxyl groups is 2. The van der Waals surface area contributed by atoms with Gasteiger partial charge in [-0.3, -0.25) is 9.59 Å². The second kappa shape index (κ2) is 9.36. The number of nitrogens with zero attached hydrogens (tertiary/aromatic N) is 1. The summed E-state index contributed by atoms with van der Waals surface area (Å²) >= 11 is 0. The van der Waals surface area contributed by atoms with E-state index in [4.69, 9.17) is 14.6 Å². The molecular weight excluding hydrogens is 374 g/mol. The van der Waals surface area contributed by atoms with E-state index in [1.54, 1.807) is 54.6 Å². The minimum atomic E-state index is -0.816. The monoisotopic (exact) mass is 397 g/mol. The Bertz CT molecular complexity index is 909. The fourth-order valence-electron chi connectivity index (χ4n) is 3.41. The fourth-order valence-corrected chi connectivity index (χ4v) is 3.41. The molecule has 2 N–H and O–H groups in total. The smallest absolute Gasteiger partial charge is 0.295 e. The van der Waals surface area contributed by atoms with Gasteiger partial charge in [0.05, 0.1) is 38.5 Å². The molecule has 1 heterocycles. The van der Waals surface area contributed by atoms with Crippen molar-refractivity contribution >= 4 is 17.4 Å². The zero-order valence-corrected chi connectivity index (χ0v) is 16.1. The summed E-state index contributed by atoms with van der Waals surface area (Å²) in [7, 11) is 1.51. The number of likely N-dealkylation sites (tertiary alicyclic amines) is 1. The van der Waals surface area contributed by atoms with Crippen molar-refractivity contribution in [2.75, 3.05) is 33.5 Å². The van der Waals surface area contributed by atoms with Gasteiger partial charge in [0.2, 0.25) is 0 Å². The average Bonchev–Trinajstić information content (AvgIpc) is 3.01. The van der Waals surface area contributed by atoms with Crippen LogP contribution < -0.4 is 4.74 Å². The van der Waals surface area contributed by atoms with Gasteiger partial charge >= 0.3 is 0 Å². The SMILES string of the molecule is COc1ccccc1C1/C(=C(\O)c2ccccc2)C(=O)C(=O)N1CCOCCO. The maximum atomic E-state index is 12.9. The normalized spacial score (nSPS) is 18.3. The molecule has 152 valence electrons. The molecule has 2 aromatic rings. The van der Waals surface area contributed by atoms with Crippen molar-refractivity contribution in [1.29, 1.82) is 0 Å². The van der Waals surface area contributed by atoms with Crippen LogP contribution in [0.4, 0.5) is 0 Å². The topological polar surface area (TPSA) is 96.3 Å². The third-order valence-corrected chi connectivity index (χ3v) is 4.73. The van der Waals surface area contributed by atoms with Crippen molar-refractivity contribution in [1.82, 2.24) is 4.90 Å². The predicted octanol–water partition coefficient (Wildman–Crippen LogP) is 2.13. The maximum Gasteiger partial charge on any atom is 0.295 e. The summed E-state index contributed by atoms with van der Waals surface area (Å²) < 4.78 is 10.7. The van der Waals surface area contributed by atoms with E-state index in [2.05, 4.69) is 0 Å². The van der Waals surface area contributed by atoms with Crippen molar-refractivity contribution in [3.63, 3.8) is 0 Å². The van der Waals surface area contributed by atoms with Crippen molar-refractivity contribution in [2.24, 2.45) is 0 Å². The minimum Gasteiger partial charge on any atom is -0.507 e. The third kappa shape index (κ3) is 4.16. The predicted molar refractivity (Wildman–Crippen MR) is 106 cm³/mol. The first-order valence-corrected chi connectivity index (χ1v) is 9.25. The first-order valence-electron chi connectivity index (χ1n) is 9.25. The number of para-hydroxylation sites is 1. The molecule has 0 spiro atoms. The Kier molecular flexibility index (Phi) is 6.64. The molecule has 1 fully saturated rings. The number of benzene rings is 2. The quantitative estimate of drug-likeness (QED) is 0.307. The molecule has 29 heavy (non-hydrogen) atoms. The van der Waals surface area contributed by atoms with Crippen LogP contribution in [-0.2, 0) is 14.3 Å². The van der Waals surface area contributed by atoms with Gasteiger partial charge in [0.15, 0.2) is 0 Å². The number of methoxy groups -OCH3 is 1. The lowest BCUT2D eigenvalue weighted by Crippen LogP contribution is -2.33. The van der Waals surface area contributed by atoms with Gasteiger partial charge in [0.1, 0.15) is 11.5 Å². The molecule has 3 rings (SSSR count). The van der Waals surface area contributed by atoms with Crippen LogP contribution in [0.5, 0.6) is 5.75 Å². The fraction of sp³-hybridized carbons (Fsp3) is 0.273. The highest BCUT2D eigenvalue weighted by Crippen LogP contribution is 2.42. The lowest BCUT2D eigenvalue weighted by molar-refractivity contribution is -0.140. The summed E-state index contributed by atoms with van der Waals surface area (Å²) in [5.41, 5.74) is 1.05. The summed E-state index contributed by atoms with van der Waals surface area (Å²) in [6.45, 7) is 0.263. The van der Waals surface area contributed by atoms with Gasteiger partial charge < -0.3 is 24.6 Å². The number of ketones is 1. The van der Waals surface area contributed by atoms with E-state index in [1.807, 2.05) is 0 Å². The number of carbonyl (C=O) groups is 2. The number of ether oxygens (including phenoxy) is 2. The van der Waals surface area contributed by atoms with Crippen LogP contribution in [0.25, 0.3) is 5.76 Å². The summed E-state index contributed by atoms with van der Waals surface area (Å²) in [5, 5.41) is 19.8. The average molecular weight is 397 g/mol. The Morgan fingerprint density at radius 3 is 2.41 bits per heavy atom. The van der Waals surface area contributed by atoms with Gasteiger partial charge in [0, 0.05) is 17.7 Å². The zero-order chi connectivity index (χ0) is 20.8. The third-order valence-electron chi connectivity index (χ3n) is 4.73. The summed E-state index contributed by atoms with van der Waals surface area (Å²) in [4.78, 5) is 27.0. The second-order valence-corrected chi connectivity index (χ2v) is 6.44. The number of rotatable bonds is 8. The highest BCUT2D eigenvalue weighted by Gasteiger charge is 2.46. The number of aliphatic hydroxyl groups excluding tert-OH is 2. The van der Waals surface area contributed by atoms with Crippen LogP contribution in [0.3, 0.4) is 0 Å². The van der Waals surface area contributed by atoms with E-state index in [0.717, 1.165) is 0 Å². The van der Waals surface area contributed by atoms with E-state index in [-0.39, 0.29) is 37.7 Å². The minimum absolute atomic E-state index is 0.00728. The first-order chi connectivity index (χ1) is 14.1. The molecule has 0 saturated carbocycles. The van der Waals surface area contributed by atoms with Crippen LogP contribution >= 0.6 is 0 Å². The lowest BCUT2D eigenvalue weighted by Gasteiger charge is -2.26. The van der Waals surface area contributed by atoms with Gasteiger partial charge in [-0.05, 0) is 6.07 Å². The number of Topliss-reactive ketones (excluding diaryl/α,β-unsaturated/α-hetero) is 1. The van der Waals surface area contributed by atoms with E-state index in [0.29, 0.717) is 16.9 Å². The molecule has 1 atom stereocenters. The number of hydrogen-bond donors (Lipinski definition) is 2. The molecule has 7 heteroatoms. The van der Waals surface area contributed by atoms with E-state index in [1.165, 1.54) is 12.0 Å². The Hall–Kier alpha value is -3.16. The van der Waals surface area contributed by atoms with Crippen molar-refractivity contribution < 1.29 is 29.3 Å². The molecule has 2 aromatic carbocycles. The van der Waals surface area contributed by atoms with E-state index in [9.17, 15) is 14.7 Å². The van der Waals surface area contributed by atoms with Crippen LogP contribution in [0.2, 0.25) is 0 Å². The Balaban J connectivity index is 2.10. The highest BCUT2D eigenvalue weighted by atomic mass is 16.5. The van der Waals surface area contributed by atoms with Gasteiger partial charge in [0.25, 0.3) is 11.7 Å². The molecule has 0 aromatic heterocycles. The number of amides is 1. The molecule has 1 aliphatic heterocycles. The Morgan fingerprint density at radius 2 is 1.72 bits per heavy atom. The Morgan fingerprint density at radius 1 is 1.03 bits per heavy atom. The van der Waals surface area contributed by atoms with Crippen LogP contribution in [0.15, 0.2) is 60.2 Å². The largest absolute Gasteiger partial charge is 0.507 e. The van der Waals surface area contributed by atoms with Gasteiger partial charge in [-0.2, -0.15) is 0 Å². The molecule has 0 bridgehead atoms. The summed E-state index contributed by atoms with van der Waals surface area (Å²) in [5.74, 6) is -1.21. The summed E-state index contributed by atoms with van der Waals surface area (Å²) in [6, 6.07) is 14.9. The zero-order valence-electron chi connectivity index (χ0n) is 16.1. The first kappa shape index (κ1) is 20.6. The van der Waals surface area contributed by atoms with Crippen molar-refractivity contribution in [2.45, 2.75) is 6.04 Å². The molecule has 1 amide bonds. The van der Waals surface area contributed by atoms with Crippen LogP contribution in [-0.4, -0.2) is 60.3 Å². The maximum absolute atomic E-state index is 12.9. The molecular formula is C22H23NO6. The van der Waals surface area contributed by atoms with E-state index >= 15 is 0 Å². The molecule has 0 radical (unpaired) electrons. The van der Waals surface area contributed by atoms with Crippen LogP contribution in [0, 0.1) is 0 Å². The van der Waals surface area contributed by atoms with Crippen LogP contribution in [0.1, 0.15) is 17.2 Å². The molecule has 1 saturated heterocycles. The van der Waals surface area contributed by atoms with E-state index < -0.39 is 17.7 Å². The van der Waals surface area contributed by atoms with Crippen molar-refractivity contribution in [3.8, 4) is 5.75 Å². The van der Waals surface area contributed by atoms with Gasteiger partial charge in [-0.25, -0.2) is 0 Å². The Labute approximate surface area is 168 Å².